The van der Waals surface area contributed by atoms with Gasteiger partial charge in [-0.15, -0.1) is 0 Å². The summed E-state index contributed by atoms with van der Waals surface area (Å²) >= 11 is 0. The SMILES string of the molecule is COc1ccc(C2CN(CCO)CC(c3ccc(OC)cc3)N2CCO)cc1. The Balaban J connectivity index is 1.94. The fourth-order valence-corrected chi connectivity index (χ4v) is 3.99. The lowest BCUT2D eigenvalue weighted by Crippen LogP contribution is -2.51. The summed E-state index contributed by atoms with van der Waals surface area (Å²) in [5, 5.41) is 19.3. The summed E-state index contributed by atoms with van der Waals surface area (Å²) in [5.41, 5.74) is 2.35. The molecule has 6 heteroatoms. The Hall–Kier alpha value is -2.12. The first-order valence-electron chi connectivity index (χ1n) is 9.68. The number of nitrogens with zero attached hydrogens (tertiary/aromatic N) is 2. The summed E-state index contributed by atoms with van der Waals surface area (Å²) in [4.78, 5) is 4.65. The highest BCUT2D eigenvalue weighted by atomic mass is 16.5. The second-order valence-electron chi connectivity index (χ2n) is 7.02. The molecule has 152 valence electrons. The molecule has 1 fully saturated rings. The van der Waals surface area contributed by atoms with E-state index < -0.39 is 0 Å². The van der Waals surface area contributed by atoms with Crippen molar-refractivity contribution in [2.24, 2.45) is 0 Å². The third kappa shape index (κ3) is 4.64. The maximum Gasteiger partial charge on any atom is 0.118 e. The van der Waals surface area contributed by atoms with Crippen molar-refractivity contribution >= 4 is 0 Å². The third-order valence-corrected chi connectivity index (χ3v) is 5.44. The van der Waals surface area contributed by atoms with Gasteiger partial charge in [-0.05, 0) is 35.4 Å². The summed E-state index contributed by atoms with van der Waals surface area (Å²) in [5.74, 6) is 1.65. The summed E-state index contributed by atoms with van der Waals surface area (Å²) in [7, 11) is 3.33. The second kappa shape index (κ2) is 9.89. The molecule has 28 heavy (non-hydrogen) atoms. The van der Waals surface area contributed by atoms with Gasteiger partial charge in [0.05, 0.1) is 27.4 Å². The number of ether oxygens (including phenoxy) is 2. The monoisotopic (exact) mass is 386 g/mol. The molecule has 6 nitrogen and oxygen atoms in total. The van der Waals surface area contributed by atoms with E-state index in [-0.39, 0.29) is 25.3 Å². The van der Waals surface area contributed by atoms with Gasteiger partial charge >= 0.3 is 0 Å². The van der Waals surface area contributed by atoms with E-state index in [0.717, 1.165) is 24.6 Å². The van der Waals surface area contributed by atoms with Crippen LogP contribution in [0, 0.1) is 0 Å². The van der Waals surface area contributed by atoms with Gasteiger partial charge in [0.25, 0.3) is 0 Å². The fraction of sp³-hybridized carbons (Fsp3) is 0.455. The maximum absolute atomic E-state index is 9.75. The van der Waals surface area contributed by atoms with E-state index in [4.69, 9.17) is 9.47 Å². The molecule has 0 spiro atoms. The van der Waals surface area contributed by atoms with Crippen LogP contribution in [0.15, 0.2) is 48.5 Å². The van der Waals surface area contributed by atoms with Crippen molar-refractivity contribution in [2.45, 2.75) is 12.1 Å². The lowest BCUT2D eigenvalue weighted by atomic mass is 9.94. The van der Waals surface area contributed by atoms with Gasteiger partial charge in [0.2, 0.25) is 0 Å². The van der Waals surface area contributed by atoms with Crippen LogP contribution in [-0.2, 0) is 0 Å². The molecule has 2 unspecified atom stereocenters. The van der Waals surface area contributed by atoms with Crippen LogP contribution in [0.25, 0.3) is 0 Å². The lowest BCUT2D eigenvalue weighted by Gasteiger charge is -2.47. The van der Waals surface area contributed by atoms with Gasteiger partial charge in [-0.2, -0.15) is 0 Å². The van der Waals surface area contributed by atoms with Crippen LogP contribution < -0.4 is 9.47 Å². The topological polar surface area (TPSA) is 65.4 Å². The zero-order chi connectivity index (χ0) is 19.9. The van der Waals surface area contributed by atoms with Crippen molar-refractivity contribution < 1.29 is 19.7 Å². The Kier molecular flexibility index (Phi) is 7.28. The zero-order valence-corrected chi connectivity index (χ0v) is 16.6. The molecule has 0 saturated carbocycles. The number of aliphatic hydroxyl groups excluding tert-OH is 2. The molecule has 3 rings (SSSR count). The summed E-state index contributed by atoms with van der Waals surface area (Å²) in [6.45, 7) is 3.05. The number of benzene rings is 2. The molecule has 1 heterocycles. The average Bonchev–Trinajstić information content (AvgIpc) is 2.75. The van der Waals surface area contributed by atoms with Crippen LogP contribution >= 0.6 is 0 Å². The van der Waals surface area contributed by atoms with E-state index in [9.17, 15) is 10.2 Å². The minimum atomic E-state index is 0.0965. The van der Waals surface area contributed by atoms with E-state index in [2.05, 4.69) is 34.1 Å². The molecule has 2 aromatic carbocycles. The molecule has 0 aliphatic carbocycles. The Bertz CT molecular complexity index is 663. The van der Waals surface area contributed by atoms with Crippen LogP contribution in [-0.4, -0.2) is 73.6 Å². The first kappa shape index (κ1) is 20.6. The number of aliphatic hydroxyl groups is 2. The van der Waals surface area contributed by atoms with Crippen molar-refractivity contribution in [3.8, 4) is 11.5 Å². The van der Waals surface area contributed by atoms with Crippen LogP contribution in [0.3, 0.4) is 0 Å². The molecule has 0 amide bonds. The zero-order valence-electron chi connectivity index (χ0n) is 16.6. The van der Waals surface area contributed by atoms with Crippen molar-refractivity contribution in [1.82, 2.24) is 9.80 Å². The van der Waals surface area contributed by atoms with Crippen LogP contribution in [0.2, 0.25) is 0 Å². The third-order valence-electron chi connectivity index (χ3n) is 5.44. The van der Waals surface area contributed by atoms with Crippen LogP contribution in [0.1, 0.15) is 23.2 Å². The highest BCUT2D eigenvalue weighted by molar-refractivity contribution is 5.33. The maximum atomic E-state index is 9.75. The Morgan fingerprint density at radius 1 is 0.750 bits per heavy atom. The molecule has 1 aliphatic heterocycles. The minimum Gasteiger partial charge on any atom is -0.497 e. The molecular weight excluding hydrogens is 356 g/mol. The molecular formula is C22H30N2O4. The van der Waals surface area contributed by atoms with E-state index in [1.807, 2.05) is 24.3 Å². The summed E-state index contributed by atoms with van der Waals surface area (Å²) < 4.78 is 10.6. The second-order valence-corrected chi connectivity index (χ2v) is 7.02. The van der Waals surface area contributed by atoms with E-state index in [0.29, 0.717) is 13.1 Å². The molecule has 1 aliphatic rings. The molecule has 2 atom stereocenters. The van der Waals surface area contributed by atoms with Crippen molar-refractivity contribution in [1.29, 1.82) is 0 Å². The highest BCUT2D eigenvalue weighted by Crippen LogP contribution is 2.37. The number of β-amino-alcohol motifs (C(OH)–C–C–N with tert-alkyl or cyclic N) is 2. The van der Waals surface area contributed by atoms with E-state index >= 15 is 0 Å². The predicted octanol–water partition coefficient (Wildman–Crippen LogP) is 2.09. The first-order chi connectivity index (χ1) is 13.7. The smallest absolute Gasteiger partial charge is 0.118 e. The van der Waals surface area contributed by atoms with Crippen LogP contribution in [0.4, 0.5) is 0 Å². The normalized spacial score (nSPS) is 20.9. The molecule has 0 bridgehead atoms. The largest absolute Gasteiger partial charge is 0.497 e. The van der Waals surface area contributed by atoms with Gasteiger partial charge in [-0.1, -0.05) is 24.3 Å². The summed E-state index contributed by atoms with van der Waals surface area (Å²) in [6.07, 6.45) is 0. The van der Waals surface area contributed by atoms with Gasteiger partial charge in [0.15, 0.2) is 0 Å². The van der Waals surface area contributed by atoms with Gasteiger partial charge in [0, 0.05) is 38.3 Å². The van der Waals surface area contributed by atoms with Gasteiger partial charge in [0.1, 0.15) is 11.5 Å². The average molecular weight is 386 g/mol. The molecule has 0 radical (unpaired) electrons. The number of piperazine rings is 1. The number of rotatable bonds is 8. The molecule has 1 saturated heterocycles. The number of methoxy groups -OCH3 is 2. The van der Waals surface area contributed by atoms with Gasteiger partial charge in [-0.25, -0.2) is 0 Å². The molecule has 0 aromatic heterocycles. The molecule has 2 N–H and O–H groups in total. The van der Waals surface area contributed by atoms with Gasteiger partial charge < -0.3 is 19.7 Å². The van der Waals surface area contributed by atoms with E-state index in [1.54, 1.807) is 14.2 Å². The first-order valence-corrected chi connectivity index (χ1v) is 9.68. The van der Waals surface area contributed by atoms with Crippen molar-refractivity contribution in [3.63, 3.8) is 0 Å². The summed E-state index contributed by atoms with van der Waals surface area (Å²) in [6, 6.07) is 16.5. The Morgan fingerprint density at radius 3 is 1.54 bits per heavy atom. The highest BCUT2D eigenvalue weighted by Gasteiger charge is 2.35. The van der Waals surface area contributed by atoms with Crippen molar-refractivity contribution in [3.05, 3.63) is 59.7 Å². The van der Waals surface area contributed by atoms with Crippen LogP contribution in [0.5, 0.6) is 11.5 Å². The fourth-order valence-electron chi connectivity index (χ4n) is 3.99. The predicted molar refractivity (Wildman–Crippen MR) is 109 cm³/mol. The quantitative estimate of drug-likeness (QED) is 0.724. The minimum absolute atomic E-state index is 0.0965. The molecule has 2 aromatic rings. The standard InChI is InChI=1S/C22H30N2O4/c1-27-19-7-3-17(4-8-19)21-15-23(11-13-25)16-22(24(21)12-14-26)18-5-9-20(28-2)10-6-18/h3-10,21-22,25-26H,11-16H2,1-2H3. The van der Waals surface area contributed by atoms with E-state index in [1.165, 1.54) is 11.1 Å². The number of hydrogen-bond donors (Lipinski definition) is 2. The van der Waals surface area contributed by atoms with Gasteiger partial charge in [-0.3, -0.25) is 9.80 Å². The Labute approximate surface area is 166 Å². The Morgan fingerprint density at radius 2 is 1.18 bits per heavy atom. The number of hydrogen-bond acceptors (Lipinski definition) is 6. The lowest BCUT2D eigenvalue weighted by molar-refractivity contribution is 0.00435. The van der Waals surface area contributed by atoms with Crippen molar-refractivity contribution in [2.75, 3.05) is 53.6 Å².